The van der Waals surface area contributed by atoms with Crippen molar-refractivity contribution in [3.8, 4) is 11.5 Å². The van der Waals surface area contributed by atoms with E-state index in [4.69, 9.17) is 14.0 Å². The molecule has 0 bridgehead atoms. The molecule has 2 aromatic rings. The van der Waals surface area contributed by atoms with Gasteiger partial charge in [-0.15, -0.1) is 0 Å². The zero-order chi connectivity index (χ0) is 16.0. The Labute approximate surface area is 129 Å². The van der Waals surface area contributed by atoms with Gasteiger partial charge >= 0.3 is 0 Å². The maximum Gasteiger partial charge on any atom is 0.294 e. The Bertz CT molecular complexity index is 735. The van der Waals surface area contributed by atoms with Crippen molar-refractivity contribution in [2.45, 2.75) is 4.90 Å². The summed E-state index contributed by atoms with van der Waals surface area (Å²) < 4.78 is 41.6. The Balaban J connectivity index is 1.82. The van der Waals surface area contributed by atoms with Crippen molar-refractivity contribution in [3.63, 3.8) is 0 Å². The first kappa shape index (κ1) is 16.1. The van der Waals surface area contributed by atoms with Gasteiger partial charge in [-0.3, -0.25) is 4.55 Å². The molecule has 0 heterocycles. The maximum absolute atomic E-state index is 10.9. The second kappa shape index (κ2) is 7.11. The summed E-state index contributed by atoms with van der Waals surface area (Å²) >= 11 is 0. The van der Waals surface area contributed by atoms with E-state index in [0.717, 1.165) is 11.3 Å². The van der Waals surface area contributed by atoms with Crippen molar-refractivity contribution < 1.29 is 22.4 Å². The van der Waals surface area contributed by atoms with Gasteiger partial charge in [0.15, 0.2) is 0 Å². The first-order chi connectivity index (χ1) is 10.5. The third-order valence-electron chi connectivity index (χ3n) is 2.84. The van der Waals surface area contributed by atoms with E-state index in [2.05, 4.69) is 6.58 Å². The molecule has 0 atom stereocenters. The molecule has 0 saturated carbocycles. The quantitative estimate of drug-likeness (QED) is 0.627. The fourth-order valence-electron chi connectivity index (χ4n) is 1.76. The summed E-state index contributed by atoms with van der Waals surface area (Å²) in [5.41, 5.74) is 0.971. The summed E-state index contributed by atoms with van der Waals surface area (Å²) in [6.07, 6.45) is 1.74. The Morgan fingerprint density at radius 2 is 1.64 bits per heavy atom. The van der Waals surface area contributed by atoms with E-state index in [1.807, 2.05) is 24.3 Å². The van der Waals surface area contributed by atoms with Crippen LogP contribution in [0.25, 0.3) is 6.08 Å². The number of hydrogen-bond acceptors (Lipinski definition) is 4. The molecule has 0 spiro atoms. The van der Waals surface area contributed by atoms with E-state index in [-0.39, 0.29) is 4.90 Å². The highest BCUT2D eigenvalue weighted by Crippen LogP contribution is 2.16. The average molecular weight is 320 g/mol. The van der Waals surface area contributed by atoms with Gasteiger partial charge in [0.1, 0.15) is 24.7 Å². The maximum atomic E-state index is 10.9. The lowest BCUT2D eigenvalue weighted by molar-refractivity contribution is 0.217. The molecular weight excluding hydrogens is 304 g/mol. The molecule has 0 fully saturated rings. The molecule has 0 aliphatic rings. The van der Waals surface area contributed by atoms with Crippen LogP contribution in [0.5, 0.6) is 11.5 Å². The van der Waals surface area contributed by atoms with Gasteiger partial charge in [-0.05, 0) is 42.0 Å². The summed E-state index contributed by atoms with van der Waals surface area (Å²) in [5, 5.41) is 0. The predicted molar refractivity (Wildman–Crippen MR) is 83.8 cm³/mol. The van der Waals surface area contributed by atoms with Crippen molar-refractivity contribution >= 4 is 16.2 Å². The Morgan fingerprint density at radius 1 is 1.00 bits per heavy atom. The van der Waals surface area contributed by atoms with Gasteiger partial charge in [-0.1, -0.05) is 24.8 Å². The van der Waals surface area contributed by atoms with Gasteiger partial charge in [0.25, 0.3) is 10.1 Å². The Hall–Kier alpha value is -2.31. The van der Waals surface area contributed by atoms with Crippen LogP contribution in [0, 0.1) is 0 Å². The lowest BCUT2D eigenvalue weighted by atomic mass is 10.2. The molecule has 0 amide bonds. The molecular formula is C16H16O5S. The fourth-order valence-corrected chi connectivity index (χ4v) is 2.24. The summed E-state index contributed by atoms with van der Waals surface area (Å²) in [4.78, 5) is -0.169. The van der Waals surface area contributed by atoms with Crippen molar-refractivity contribution in [2.75, 3.05) is 13.2 Å². The standard InChI is InChI=1S/C16H16O5S/c1-2-13-4-3-5-15(12-13)21-11-10-20-14-6-8-16(9-7-14)22(17,18)19/h2-9,12H,1,10-11H2,(H,17,18,19). The summed E-state index contributed by atoms with van der Waals surface area (Å²) in [6.45, 7) is 4.35. The van der Waals surface area contributed by atoms with Crippen LogP contribution in [0.3, 0.4) is 0 Å². The van der Waals surface area contributed by atoms with Crippen LogP contribution in [0.15, 0.2) is 60.0 Å². The zero-order valence-corrected chi connectivity index (χ0v) is 12.6. The molecule has 0 unspecified atom stereocenters. The monoisotopic (exact) mass is 320 g/mol. The van der Waals surface area contributed by atoms with Crippen molar-refractivity contribution in [1.29, 1.82) is 0 Å². The zero-order valence-electron chi connectivity index (χ0n) is 11.8. The van der Waals surface area contributed by atoms with Crippen LogP contribution < -0.4 is 9.47 Å². The third-order valence-corrected chi connectivity index (χ3v) is 3.70. The van der Waals surface area contributed by atoms with E-state index in [9.17, 15) is 8.42 Å². The van der Waals surface area contributed by atoms with Crippen LogP contribution in [-0.2, 0) is 10.1 Å². The molecule has 5 nitrogen and oxygen atoms in total. The molecule has 0 saturated heterocycles. The van der Waals surface area contributed by atoms with Gasteiger partial charge < -0.3 is 9.47 Å². The van der Waals surface area contributed by atoms with Gasteiger partial charge in [-0.25, -0.2) is 0 Å². The van der Waals surface area contributed by atoms with Crippen LogP contribution in [0.4, 0.5) is 0 Å². The SMILES string of the molecule is C=Cc1cccc(OCCOc2ccc(S(=O)(=O)O)cc2)c1. The van der Waals surface area contributed by atoms with E-state index < -0.39 is 10.1 Å². The highest BCUT2D eigenvalue weighted by Gasteiger charge is 2.08. The van der Waals surface area contributed by atoms with Crippen LogP contribution in [-0.4, -0.2) is 26.2 Å². The van der Waals surface area contributed by atoms with Gasteiger partial charge in [0.05, 0.1) is 4.90 Å². The van der Waals surface area contributed by atoms with Crippen molar-refractivity contribution in [3.05, 3.63) is 60.7 Å². The molecule has 2 rings (SSSR count). The number of ether oxygens (including phenoxy) is 2. The minimum atomic E-state index is -4.18. The minimum Gasteiger partial charge on any atom is -0.490 e. The van der Waals surface area contributed by atoms with E-state index in [1.54, 1.807) is 6.08 Å². The first-order valence-electron chi connectivity index (χ1n) is 6.55. The predicted octanol–water partition coefficient (Wildman–Crippen LogP) is 3.03. The van der Waals surface area contributed by atoms with Crippen molar-refractivity contribution in [1.82, 2.24) is 0 Å². The average Bonchev–Trinajstić information content (AvgIpc) is 2.51. The number of rotatable bonds is 7. The summed E-state index contributed by atoms with van der Waals surface area (Å²) in [5.74, 6) is 1.22. The van der Waals surface area contributed by atoms with E-state index in [0.29, 0.717) is 19.0 Å². The van der Waals surface area contributed by atoms with Crippen LogP contribution in [0.1, 0.15) is 5.56 Å². The normalized spacial score (nSPS) is 11.0. The molecule has 0 aliphatic heterocycles. The molecule has 22 heavy (non-hydrogen) atoms. The van der Waals surface area contributed by atoms with Crippen LogP contribution >= 0.6 is 0 Å². The molecule has 0 aliphatic carbocycles. The molecule has 0 radical (unpaired) electrons. The molecule has 6 heteroatoms. The summed E-state index contributed by atoms with van der Waals surface area (Å²) in [7, 11) is -4.18. The second-order valence-electron chi connectivity index (χ2n) is 4.42. The number of benzene rings is 2. The van der Waals surface area contributed by atoms with Crippen LogP contribution in [0.2, 0.25) is 0 Å². The topological polar surface area (TPSA) is 72.8 Å². The Kier molecular flexibility index (Phi) is 5.19. The first-order valence-corrected chi connectivity index (χ1v) is 7.99. The minimum absolute atomic E-state index is 0.169. The number of hydrogen-bond donors (Lipinski definition) is 1. The highest BCUT2D eigenvalue weighted by atomic mass is 32.2. The highest BCUT2D eigenvalue weighted by molar-refractivity contribution is 7.85. The molecule has 1 N–H and O–H groups in total. The fraction of sp³-hybridized carbons (Fsp3) is 0.125. The van der Waals surface area contributed by atoms with E-state index >= 15 is 0 Å². The molecule has 116 valence electrons. The largest absolute Gasteiger partial charge is 0.490 e. The van der Waals surface area contributed by atoms with Gasteiger partial charge in [0, 0.05) is 0 Å². The molecule has 2 aromatic carbocycles. The molecule has 0 aromatic heterocycles. The van der Waals surface area contributed by atoms with E-state index in [1.165, 1.54) is 24.3 Å². The lowest BCUT2D eigenvalue weighted by Crippen LogP contribution is -2.09. The lowest BCUT2D eigenvalue weighted by Gasteiger charge is -2.09. The van der Waals surface area contributed by atoms with Crippen molar-refractivity contribution in [2.24, 2.45) is 0 Å². The summed E-state index contributed by atoms with van der Waals surface area (Å²) in [6, 6.07) is 13.0. The smallest absolute Gasteiger partial charge is 0.294 e. The van der Waals surface area contributed by atoms with Gasteiger partial charge in [-0.2, -0.15) is 8.42 Å². The Morgan fingerprint density at radius 3 is 2.23 bits per heavy atom. The van der Waals surface area contributed by atoms with Gasteiger partial charge in [0.2, 0.25) is 0 Å². The second-order valence-corrected chi connectivity index (χ2v) is 5.84. The third kappa shape index (κ3) is 4.61.